The summed E-state index contributed by atoms with van der Waals surface area (Å²) in [6.07, 6.45) is 0. The van der Waals surface area contributed by atoms with Crippen LogP contribution >= 0.6 is 0 Å². The highest BCUT2D eigenvalue weighted by Crippen LogP contribution is 2.28. The standard InChI is InChI=1S/C17H26N2O/c1-11(2)12-6-7-14-13(8-12)9-18-10-15(14)16(20)19-17(3,4)5/h6-8,11,15,18H,9-10H2,1-5H3,(H,19,20). The summed E-state index contributed by atoms with van der Waals surface area (Å²) in [6, 6.07) is 6.54. The van der Waals surface area contributed by atoms with Gasteiger partial charge in [0.15, 0.2) is 0 Å². The van der Waals surface area contributed by atoms with Gasteiger partial charge in [-0.05, 0) is 43.4 Å². The molecule has 1 atom stereocenters. The van der Waals surface area contributed by atoms with Crippen LogP contribution < -0.4 is 10.6 Å². The number of hydrogen-bond donors (Lipinski definition) is 2. The summed E-state index contributed by atoms with van der Waals surface area (Å²) in [4.78, 5) is 12.4. The molecule has 1 aliphatic rings. The van der Waals surface area contributed by atoms with Gasteiger partial charge in [0.1, 0.15) is 0 Å². The molecule has 0 radical (unpaired) electrons. The first-order valence-electron chi connectivity index (χ1n) is 7.43. The van der Waals surface area contributed by atoms with Gasteiger partial charge in [0.2, 0.25) is 5.91 Å². The van der Waals surface area contributed by atoms with E-state index in [-0.39, 0.29) is 17.4 Å². The van der Waals surface area contributed by atoms with Crippen molar-refractivity contribution >= 4 is 5.91 Å². The number of carbonyl (C=O) groups is 1. The lowest BCUT2D eigenvalue weighted by Crippen LogP contribution is -2.46. The van der Waals surface area contributed by atoms with Crippen molar-refractivity contribution in [3.05, 3.63) is 34.9 Å². The van der Waals surface area contributed by atoms with E-state index in [2.05, 4.69) is 42.7 Å². The molecule has 1 aromatic rings. The van der Waals surface area contributed by atoms with Crippen LogP contribution in [0.4, 0.5) is 0 Å². The summed E-state index contributed by atoms with van der Waals surface area (Å²) in [7, 11) is 0. The zero-order valence-electron chi connectivity index (χ0n) is 13.2. The van der Waals surface area contributed by atoms with Crippen LogP contribution in [0.25, 0.3) is 0 Å². The van der Waals surface area contributed by atoms with Crippen LogP contribution in [0.3, 0.4) is 0 Å². The average Bonchev–Trinajstić information content (AvgIpc) is 2.35. The maximum absolute atomic E-state index is 12.4. The van der Waals surface area contributed by atoms with E-state index in [4.69, 9.17) is 0 Å². The summed E-state index contributed by atoms with van der Waals surface area (Å²) < 4.78 is 0. The third-order valence-corrected chi connectivity index (χ3v) is 3.69. The molecule has 1 unspecified atom stereocenters. The molecule has 1 aromatic carbocycles. The number of benzene rings is 1. The molecule has 0 aromatic heterocycles. The van der Waals surface area contributed by atoms with Crippen molar-refractivity contribution < 1.29 is 4.79 Å². The molecule has 0 saturated heterocycles. The Labute approximate surface area is 122 Å². The smallest absolute Gasteiger partial charge is 0.229 e. The highest BCUT2D eigenvalue weighted by Gasteiger charge is 2.28. The van der Waals surface area contributed by atoms with Crippen LogP contribution in [0.5, 0.6) is 0 Å². The number of hydrogen-bond acceptors (Lipinski definition) is 2. The largest absolute Gasteiger partial charge is 0.351 e. The number of nitrogens with one attached hydrogen (secondary N) is 2. The third-order valence-electron chi connectivity index (χ3n) is 3.69. The Morgan fingerprint density at radius 3 is 2.65 bits per heavy atom. The minimum atomic E-state index is -0.188. The van der Waals surface area contributed by atoms with Crippen LogP contribution in [-0.2, 0) is 11.3 Å². The maximum atomic E-state index is 12.4. The third kappa shape index (κ3) is 3.40. The van der Waals surface area contributed by atoms with Crippen molar-refractivity contribution in [2.24, 2.45) is 0 Å². The fourth-order valence-corrected chi connectivity index (χ4v) is 2.63. The Kier molecular flexibility index (Phi) is 4.19. The molecular formula is C17H26N2O. The molecule has 3 nitrogen and oxygen atoms in total. The van der Waals surface area contributed by atoms with Crippen LogP contribution in [-0.4, -0.2) is 18.0 Å². The summed E-state index contributed by atoms with van der Waals surface area (Å²) in [6.45, 7) is 12.0. The molecular weight excluding hydrogens is 248 g/mol. The van der Waals surface area contributed by atoms with Gasteiger partial charge < -0.3 is 10.6 Å². The van der Waals surface area contributed by atoms with Gasteiger partial charge in [0, 0.05) is 18.6 Å². The molecule has 1 heterocycles. The van der Waals surface area contributed by atoms with Crippen molar-refractivity contribution in [3.8, 4) is 0 Å². The molecule has 2 rings (SSSR count). The van der Waals surface area contributed by atoms with E-state index >= 15 is 0 Å². The summed E-state index contributed by atoms with van der Waals surface area (Å²) in [5.74, 6) is 0.548. The van der Waals surface area contributed by atoms with Crippen molar-refractivity contribution in [2.45, 2.75) is 58.5 Å². The highest BCUT2D eigenvalue weighted by molar-refractivity contribution is 5.85. The van der Waals surface area contributed by atoms with E-state index in [1.807, 2.05) is 20.8 Å². The monoisotopic (exact) mass is 274 g/mol. The topological polar surface area (TPSA) is 41.1 Å². The second kappa shape index (κ2) is 5.57. The van der Waals surface area contributed by atoms with E-state index in [9.17, 15) is 4.79 Å². The summed E-state index contributed by atoms with van der Waals surface area (Å²) in [5.41, 5.74) is 3.58. The van der Waals surface area contributed by atoms with Gasteiger partial charge in [0.25, 0.3) is 0 Å². The number of rotatable bonds is 2. The first kappa shape index (κ1) is 15.0. The maximum Gasteiger partial charge on any atom is 0.229 e. The molecule has 0 aliphatic carbocycles. The Morgan fingerprint density at radius 2 is 2.05 bits per heavy atom. The normalized spacial score (nSPS) is 18.8. The Bertz CT molecular complexity index is 500. The van der Waals surface area contributed by atoms with Gasteiger partial charge in [-0.3, -0.25) is 4.79 Å². The zero-order chi connectivity index (χ0) is 14.9. The summed E-state index contributed by atoms with van der Waals surface area (Å²) in [5, 5.41) is 6.45. The highest BCUT2D eigenvalue weighted by atomic mass is 16.2. The summed E-state index contributed by atoms with van der Waals surface area (Å²) >= 11 is 0. The van der Waals surface area contributed by atoms with Crippen LogP contribution in [0.1, 0.15) is 63.1 Å². The van der Waals surface area contributed by atoms with Crippen molar-refractivity contribution in [1.82, 2.24) is 10.6 Å². The number of carbonyl (C=O) groups excluding carboxylic acids is 1. The second-order valence-corrected chi connectivity index (χ2v) is 7.04. The molecule has 2 N–H and O–H groups in total. The minimum Gasteiger partial charge on any atom is -0.351 e. The first-order valence-corrected chi connectivity index (χ1v) is 7.43. The Morgan fingerprint density at radius 1 is 1.35 bits per heavy atom. The van der Waals surface area contributed by atoms with E-state index in [0.717, 1.165) is 13.1 Å². The molecule has 0 fully saturated rings. The van der Waals surface area contributed by atoms with E-state index in [0.29, 0.717) is 5.92 Å². The molecule has 110 valence electrons. The minimum absolute atomic E-state index is 0.0841. The lowest BCUT2D eigenvalue weighted by molar-refractivity contribution is -0.124. The fraction of sp³-hybridized carbons (Fsp3) is 0.588. The average molecular weight is 274 g/mol. The molecule has 1 aliphatic heterocycles. The molecule has 0 bridgehead atoms. The van der Waals surface area contributed by atoms with Gasteiger partial charge in [-0.15, -0.1) is 0 Å². The van der Waals surface area contributed by atoms with Crippen LogP contribution in [0.2, 0.25) is 0 Å². The molecule has 3 heteroatoms. The van der Waals surface area contributed by atoms with E-state index in [1.165, 1.54) is 16.7 Å². The predicted molar refractivity (Wildman–Crippen MR) is 82.9 cm³/mol. The number of fused-ring (bicyclic) bond motifs is 1. The van der Waals surface area contributed by atoms with Crippen molar-refractivity contribution in [2.75, 3.05) is 6.54 Å². The van der Waals surface area contributed by atoms with Gasteiger partial charge in [-0.25, -0.2) is 0 Å². The SMILES string of the molecule is CC(C)c1ccc2c(c1)CNCC2C(=O)NC(C)(C)C. The van der Waals surface area contributed by atoms with E-state index in [1.54, 1.807) is 0 Å². The Hall–Kier alpha value is -1.35. The Balaban J connectivity index is 2.27. The number of amides is 1. The van der Waals surface area contributed by atoms with Gasteiger partial charge in [0.05, 0.1) is 5.92 Å². The van der Waals surface area contributed by atoms with Crippen LogP contribution in [0.15, 0.2) is 18.2 Å². The molecule has 20 heavy (non-hydrogen) atoms. The van der Waals surface area contributed by atoms with Gasteiger partial charge in [-0.2, -0.15) is 0 Å². The van der Waals surface area contributed by atoms with Gasteiger partial charge >= 0.3 is 0 Å². The zero-order valence-corrected chi connectivity index (χ0v) is 13.2. The second-order valence-electron chi connectivity index (χ2n) is 7.04. The van der Waals surface area contributed by atoms with E-state index < -0.39 is 0 Å². The van der Waals surface area contributed by atoms with Crippen LogP contribution in [0, 0.1) is 0 Å². The van der Waals surface area contributed by atoms with Gasteiger partial charge in [-0.1, -0.05) is 32.0 Å². The first-order chi connectivity index (χ1) is 9.28. The molecule has 0 saturated carbocycles. The lowest BCUT2D eigenvalue weighted by Gasteiger charge is -2.30. The predicted octanol–water partition coefficient (Wildman–Crippen LogP) is 2.91. The van der Waals surface area contributed by atoms with Crippen molar-refractivity contribution in [1.29, 1.82) is 0 Å². The lowest BCUT2D eigenvalue weighted by atomic mass is 9.87. The quantitative estimate of drug-likeness (QED) is 0.870. The molecule has 0 spiro atoms. The molecule has 1 amide bonds. The fourth-order valence-electron chi connectivity index (χ4n) is 2.63. The van der Waals surface area contributed by atoms with Crippen molar-refractivity contribution in [3.63, 3.8) is 0 Å².